The van der Waals surface area contributed by atoms with E-state index in [0.29, 0.717) is 0 Å². The SMILES string of the molecule is CCN(CC)Cc1cnc2n1CCN(Cc1cccnc1OC)CC2.O=C(O)C(F)(F)F.O=C(O)C(F)(F)F.O=C(O)C(F)(F)F. The summed E-state index contributed by atoms with van der Waals surface area (Å²) in [6.07, 6.45) is -10.4. The molecule has 0 bridgehead atoms. The molecule has 0 saturated carbocycles. The van der Waals surface area contributed by atoms with Crippen LogP contribution in [0.15, 0.2) is 24.5 Å². The maximum atomic E-state index is 10.6. The van der Waals surface area contributed by atoms with E-state index in [1.165, 1.54) is 11.5 Å². The Kier molecular flexibility index (Phi) is 17.1. The van der Waals surface area contributed by atoms with Gasteiger partial charge in [-0.2, -0.15) is 39.5 Å². The molecule has 0 atom stereocenters. The van der Waals surface area contributed by atoms with Crippen LogP contribution >= 0.6 is 0 Å². The van der Waals surface area contributed by atoms with E-state index >= 15 is 0 Å². The fourth-order valence-electron chi connectivity index (χ4n) is 3.47. The summed E-state index contributed by atoms with van der Waals surface area (Å²) >= 11 is 0. The van der Waals surface area contributed by atoms with Crippen molar-refractivity contribution in [2.24, 2.45) is 0 Å². The van der Waals surface area contributed by atoms with Gasteiger partial charge in [0, 0.05) is 57.1 Å². The van der Waals surface area contributed by atoms with Gasteiger partial charge in [0.05, 0.1) is 12.8 Å². The number of rotatable bonds is 7. The van der Waals surface area contributed by atoms with Crippen LogP contribution in [0, 0.1) is 0 Å². The molecule has 3 N–H and O–H groups in total. The summed E-state index contributed by atoms with van der Waals surface area (Å²) in [6.45, 7) is 11.5. The number of nitrogens with zero attached hydrogens (tertiary/aromatic N) is 5. The number of fused-ring (bicyclic) bond motifs is 1. The Bertz CT molecular complexity index is 1190. The Hall–Kier alpha value is -4.14. The Morgan fingerprint density at radius 1 is 0.848 bits per heavy atom. The second kappa shape index (κ2) is 18.7. The third-order valence-corrected chi connectivity index (χ3v) is 5.76. The average Bonchev–Trinajstić information content (AvgIpc) is 3.22. The number of alkyl halides is 9. The number of hydrogen-bond acceptors (Lipinski definition) is 8. The highest BCUT2D eigenvalue weighted by atomic mass is 19.4. The van der Waals surface area contributed by atoms with Crippen molar-refractivity contribution in [2.75, 3.05) is 33.3 Å². The molecule has 12 nitrogen and oxygen atoms in total. The van der Waals surface area contributed by atoms with Crippen molar-refractivity contribution in [1.29, 1.82) is 0 Å². The van der Waals surface area contributed by atoms with Gasteiger partial charge in [0.2, 0.25) is 5.88 Å². The number of pyridine rings is 1. The highest BCUT2D eigenvalue weighted by molar-refractivity contribution is 5.73. The molecule has 1 aliphatic heterocycles. The van der Waals surface area contributed by atoms with Crippen LogP contribution in [0.5, 0.6) is 5.88 Å². The van der Waals surface area contributed by atoms with E-state index in [9.17, 15) is 39.5 Å². The predicted molar refractivity (Wildman–Crippen MR) is 140 cm³/mol. The number of halogens is 9. The van der Waals surface area contributed by atoms with Crippen molar-refractivity contribution in [3.05, 3.63) is 41.6 Å². The van der Waals surface area contributed by atoms with Crippen LogP contribution in [0.2, 0.25) is 0 Å². The summed E-state index contributed by atoms with van der Waals surface area (Å²) in [7, 11) is 1.68. The highest BCUT2D eigenvalue weighted by Crippen LogP contribution is 2.19. The Morgan fingerprint density at radius 2 is 1.33 bits per heavy atom. The van der Waals surface area contributed by atoms with E-state index in [2.05, 4.69) is 50.4 Å². The molecule has 0 spiro atoms. The third-order valence-electron chi connectivity index (χ3n) is 5.76. The summed E-state index contributed by atoms with van der Waals surface area (Å²) in [6, 6.07) is 4.07. The number of methoxy groups -OCH3 is 1. The van der Waals surface area contributed by atoms with Gasteiger partial charge in [0.25, 0.3) is 0 Å². The molecule has 0 aliphatic carbocycles. The van der Waals surface area contributed by atoms with Crippen molar-refractivity contribution in [2.45, 2.75) is 58.4 Å². The van der Waals surface area contributed by atoms with Gasteiger partial charge in [-0.3, -0.25) is 9.80 Å². The largest absolute Gasteiger partial charge is 0.490 e. The fraction of sp³-hybridized carbons (Fsp3) is 0.560. The summed E-state index contributed by atoms with van der Waals surface area (Å²) in [5, 5.41) is 21.4. The van der Waals surface area contributed by atoms with Crippen molar-refractivity contribution in [3.63, 3.8) is 0 Å². The van der Waals surface area contributed by atoms with Crippen LogP contribution in [0.4, 0.5) is 39.5 Å². The zero-order chi connectivity index (χ0) is 35.9. The van der Waals surface area contributed by atoms with Crippen molar-refractivity contribution >= 4 is 17.9 Å². The molecule has 3 rings (SSSR count). The molecule has 21 heteroatoms. The van der Waals surface area contributed by atoms with Crippen molar-refractivity contribution in [1.82, 2.24) is 24.3 Å². The molecule has 0 unspecified atom stereocenters. The minimum absolute atomic E-state index is 0.728. The van der Waals surface area contributed by atoms with E-state index in [4.69, 9.17) is 34.4 Å². The smallest absolute Gasteiger partial charge is 0.481 e. The zero-order valence-electron chi connectivity index (χ0n) is 24.6. The Labute approximate surface area is 256 Å². The van der Waals surface area contributed by atoms with Gasteiger partial charge in [-0.05, 0) is 19.2 Å². The first-order valence-electron chi connectivity index (χ1n) is 12.9. The molecule has 0 fully saturated rings. The topological polar surface area (TPSA) is 158 Å². The van der Waals surface area contributed by atoms with Gasteiger partial charge in [0.15, 0.2) is 0 Å². The van der Waals surface area contributed by atoms with Gasteiger partial charge in [-0.25, -0.2) is 24.4 Å². The molecule has 2 aromatic rings. The van der Waals surface area contributed by atoms with Crippen molar-refractivity contribution < 1.29 is 74.0 Å². The zero-order valence-corrected chi connectivity index (χ0v) is 24.6. The standard InChI is InChI=1S/C19H29N5O.3C2HF3O2/c1-4-22(5-2)15-17-13-21-18-8-10-23(11-12-24(17)18)14-16-7-6-9-20-19(16)25-3;3*3-2(4,5)1(6)7/h6-7,9,13H,4-5,8,10-12,14-15H2,1-3H3;3*(H,6,7). The fourth-order valence-corrected chi connectivity index (χ4v) is 3.47. The molecular weight excluding hydrogens is 653 g/mol. The van der Waals surface area contributed by atoms with Gasteiger partial charge < -0.3 is 24.6 Å². The van der Waals surface area contributed by atoms with Gasteiger partial charge in [0.1, 0.15) is 5.82 Å². The van der Waals surface area contributed by atoms with Gasteiger partial charge in [-0.1, -0.05) is 19.9 Å². The Morgan fingerprint density at radius 3 is 1.74 bits per heavy atom. The number of imidazole rings is 1. The number of carboxylic acid groups (broad SMARTS) is 3. The monoisotopic (exact) mass is 685 g/mol. The van der Waals surface area contributed by atoms with E-state index < -0.39 is 36.4 Å². The number of ether oxygens (including phenoxy) is 1. The summed E-state index contributed by atoms with van der Waals surface area (Å²) in [4.78, 5) is 40.6. The minimum Gasteiger partial charge on any atom is -0.481 e. The molecule has 3 heterocycles. The number of carboxylic acids is 3. The molecule has 0 amide bonds. The molecule has 262 valence electrons. The second-order valence-electron chi connectivity index (χ2n) is 8.89. The lowest BCUT2D eigenvalue weighted by atomic mass is 10.2. The number of hydrogen-bond donors (Lipinski definition) is 3. The number of carbonyl (C=O) groups is 3. The van der Waals surface area contributed by atoms with E-state index in [1.807, 2.05) is 6.07 Å². The molecule has 46 heavy (non-hydrogen) atoms. The quantitative estimate of drug-likeness (QED) is 0.361. The lowest BCUT2D eigenvalue weighted by Gasteiger charge is -2.21. The van der Waals surface area contributed by atoms with Crippen molar-refractivity contribution in [3.8, 4) is 5.88 Å². The van der Waals surface area contributed by atoms with Crippen LogP contribution in [0.3, 0.4) is 0 Å². The summed E-state index contributed by atoms with van der Waals surface area (Å²) in [5.41, 5.74) is 2.48. The number of aliphatic carboxylic acids is 3. The lowest BCUT2D eigenvalue weighted by molar-refractivity contribution is -0.193. The highest BCUT2D eigenvalue weighted by Gasteiger charge is 2.39. The maximum absolute atomic E-state index is 10.6. The van der Waals surface area contributed by atoms with E-state index in [-0.39, 0.29) is 0 Å². The maximum Gasteiger partial charge on any atom is 0.490 e. The Balaban J connectivity index is 0.000000786. The molecule has 2 aromatic heterocycles. The first-order valence-corrected chi connectivity index (χ1v) is 12.9. The van der Waals surface area contributed by atoms with Crippen LogP contribution in [0.1, 0.15) is 30.9 Å². The molecule has 0 saturated heterocycles. The van der Waals surface area contributed by atoms with Crippen LogP contribution in [0.25, 0.3) is 0 Å². The third kappa shape index (κ3) is 15.7. The van der Waals surface area contributed by atoms with Gasteiger partial charge >= 0.3 is 36.4 Å². The number of aromatic nitrogens is 3. The normalized spacial score (nSPS) is 13.4. The van der Waals surface area contributed by atoms with Crippen LogP contribution in [-0.2, 0) is 40.4 Å². The van der Waals surface area contributed by atoms with Crippen LogP contribution < -0.4 is 4.74 Å². The first kappa shape index (κ1) is 41.9. The molecule has 0 radical (unpaired) electrons. The average molecular weight is 686 g/mol. The summed E-state index contributed by atoms with van der Waals surface area (Å²) < 4.78 is 103. The summed E-state index contributed by atoms with van der Waals surface area (Å²) in [5.74, 6) is -6.33. The molecule has 1 aliphatic rings. The van der Waals surface area contributed by atoms with E-state index in [1.54, 1.807) is 13.3 Å². The molecule has 0 aromatic carbocycles. The van der Waals surface area contributed by atoms with Gasteiger partial charge in [-0.15, -0.1) is 0 Å². The van der Waals surface area contributed by atoms with E-state index in [0.717, 1.165) is 63.7 Å². The first-order chi connectivity index (χ1) is 21.1. The second-order valence-corrected chi connectivity index (χ2v) is 8.89. The van der Waals surface area contributed by atoms with Crippen LogP contribution in [-0.4, -0.2) is 109 Å². The predicted octanol–water partition coefficient (Wildman–Crippen LogP) is 4.09. The molecular formula is C25H32F9N5O7. The minimum atomic E-state index is -5.08. The lowest BCUT2D eigenvalue weighted by Crippen LogP contribution is -2.27.